The van der Waals surface area contributed by atoms with Gasteiger partial charge in [0.25, 0.3) is 5.91 Å². The maximum Gasteiger partial charge on any atom is 0.251 e. The van der Waals surface area contributed by atoms with Crippen LogP contribution in [0.1, 0.15) is 42.5 Å². The van der Waals surface area contributed by atoms with Gasteiger partial charge in [-0.05, 0) is 25.0 Å². The third kappa shape index (κ3) is 4.34. The van der Waals surface area contributed by atoms with Crippen molar-refractivity contribution in [3.05, 3.63) is 22.8 Å². The van der Waals surface area contributed by atoms with E-state index in [0.29, 0.717) is 16.5 Å². The summed E-state index contributed by atoms with van der Waals surface area (Å²) in [6, 6.07) is 3.33. The standard InChI is InChI=1S/C16H24ClN3O2/c1-20(2)15-9-12(8-14(17)19-15)16(22)18-13-7-5-3-4-6-11(13)10-21/h8-9,11,13,21H,3-7,10H2,1-2H3,(H,18,22). The third-order valence-electron chi connectivity index (χ3n) is 4.21. The summed E-state index contributed by atoms with van der Waals surface area (Å²) in [7, 11) is 3.71. The highest BCUT2D eigenvalue weighted by molar-refractivity contribution is 6.29. The molecule has 1 aliphatic carbocycles. The molecular formula is C16H24ClN3O2. The second-order valence-electron chi connectivity index (χ2n) is 6.09. The number of carbonyl (C=O) groups excluding carboxylic acids is 1. The Kier molecular flexibility index (Phi) is 6.03. The molecule has 1 amide bonds. The lowest BCUT2D eigenvalue weighted by atomic mass is 9.95. The SMILES string of the molecule is CN(C)c1cc(C(=O)NC2CCCCCC2CO)cc(Cl)n1. The van der Waals surface area contributed by atoms with Gasteiger partial charge in [-0.3, -0.25) is 4.79 Å². The molecule has 0 aromatic carbocycles. The fraction of sp³-hybridized carbons (Fsp3) is 0.625. The van der Waals surface area contributed by atoms with Crippen molar-refractivity contribution >= 4 is 23.3 Å². The molecule has 0 saturated heterocycles. The minimum Gasteiger partial charge on any atom is -0.396 e. The molecule has 1 aromatic rings. The fourth-order valence-electron chi connectivity index (χ4n) is 2.89. The van der Waals surface area contributed by atoms with Gasteiger partial charge in [-0.25, -0.2) is 4.98 Å². The highest BCUT2D eigenvalue weighted by Gasteiger charge is 2.25. The Bertz CT molecular complexity index is 522. The molecule has 22 heavy (non-hydrogen) atoms. The van der Waals surface area contributed by atoms with Crippen LogP contribution in [-0.4, -0.2) is 42.7 Å². The van der Waals surface area contributed by atoms with Crippen molar-refractivity contribution < 1.29 is 9.90 Å². The number of amides is 1. The maximum atomic E-state index is 12.5. The van der Waals surface area contributed by atoms with Crippen LogP contribution in [0, 0.1) is 5.92 Å². The molecule has 1 aliphatic rings. The summed E-state index contributed by atoms with van der Waals surface area (Å²) in [6.45, 7) is 0.116. The fourth-order valence-corrected chi connectivity index (χ4v) is 3.09. The second kappa shape index (κ2) is 7.79. The predicted octanol–water partition coefficient (Wildman–Crippen LogP) is 2.47. The first kappa shape index (κ1) is 17.0. The monoisotopic (exact) mass is 325 g/mol. The predicted molar refractivity (Wildman–Crippen MR) is 88.5 cm³/mol. The lowest BCUT2D eigenvalue weighted by Gasteiger charge is -2.24. The highest BCUT2D eigenvalue weighted by Crippen LogP contribution is 2.24. The summed E-state index contributed by atoms with van der Waals surface area (Å²) in [5.74, 6) is 0.632. The Balaban J connectivity index is 2.13. The van der Waals surface area contributed by atoms with E-state index in [0.717, 1.165) is 32.1 Å². The average Bonchev–Trinajstić information content (AvgIpc) is 2.71. The van der Waals surface area contributed by atoms with Crippen LogP contribution in [0.15, 0.2) is 12.1 Å². The van der Waals surface area contributed by atoms with Crippen LogP contribution >= 0.6 is 11.6 Å². The first-order valence-electron chi connectivity index (χ1n) is 7.78. The summed E-state index contributed by atoms with van der Waals surface area (Å²) in [6.07, 6.45) is 5.23. The second-order valence-corrected chi connectivity index (χ2v) is 6.48. The molecule has 1 fully saturated rings. The van der Waals surface area contributed by atoms with E-state index < -0.39 is 0 Å². The van der Waals surface area contributed by atoms with Gasteiger partial charge in [-0.15, -0.1) is 0 Å². The van der Waals surface area contributed by atoms with E-state index in [-0.39, 0.29) is 24.5 Å². The van der Waals surface area contributed by atoms with Crippen molar-refractivity contribution in [2.75, 3.05) is 25.6 Å². The number of aliphatic hydroxyl groups is 1. The number of hydrogen-bond acceptors (Lipinski definition) is 4. The van der Waals surface area contributed by atoms with E-state index in [2.05, 4.69) is 10.3 Å². The summed E-state index contributed by atoms with van der Waals surface area (Å²) in [5, 5.41) is 12.9. The quantitative estimate of drug-likeness (QED) is 0.659. The van der Waals surface area contributed by atoms with Crippen LogP contribution in [0.4, 0.5) is 5.82 Å². The van der Waals surface area contributed by atoms with Crippen molar-refractivity contribution in [2.45, 2.75) is 38.1 Å². The lowest BCUT2D eigenvalue weighted by molar-refractivity contribution is 0.0899. The van der Waals surface area contributed by atoms with Gasteiger partial charge < -0.3 is 15.3 Å². The molecule has 5 nitrogen and oxygen atoms in total. The van der Waals surface area contributed by atoms with Crippen LogP contribution in [0.5, 0.6) is 0 Å². The van der Waals surface area contributed by atoms with Crippen molar-refractivity contribution in [3.63, 3.8) is 0 Å². The zero-order chi connectivity index (χ0) is 16.1. The summed E-state index contributed by atoms with van der Waals surface area (Å²) in [5.41, 5.74) is 0.504. The van der Waals surface area contributed by atoms with Crippen LogP contribution < -0.4 is 10.2 Å². The average molecular weight is 326 g/mol. The molecule has 0 spiro atoms. The largest absolute Gasteiger partial charge is 0.396 e. The van der Waals surface area contributed by atoms with Crippen LogP contribution in [0.25, 0.3) is 0 Å². The Morgan fingerprint density at radius 2 is 2.09 bits per heavy atom. The smallest absolute Gasteiger partial charge is 0.251 e. The van der Waals surface area contributed by atoms with Crippen LogP contribution in [-0.2, 0) is 0 Å². The molecule has 122 valence electrons. The van der Waals surface area contributed by atoms with Gasteiger partial charge in [0, 0.05) is 38.2 Å². The number of pyridine rings is 1. The first-order chi connectivity index (χ1) is 10.5. The molecular weight excluding hydrogens is 302 g/mol. The normalized spacial score (nSPS) is 22.0. The van der Waals surface area contributed by atoms with Gasteiger partial charge in [-0.1, -0.05) is 30.9 Å². The Morgan fingerprint density at radius 1 is 1.36 bits per heavy atom. The molecule has 2 atom stereocenters. The summed E-state index contributed by atoms with van der Waals surface area (Å²) >= 11 is 6.01. The van der Waals surface area contributed by atoms with Gasteiger partial charge in [-0.2, -0.15) is 0 Å². The summed E-state index contributed by atoms with van der Waals surface area (Å²) < 4.78 is 0. The molecule has 1 heterocycles. The van der Waals surface area contributed by atoms with E-state index in [1.807, 2.05) is 19.0 Å². The highest BCUT2D eigenvalue weighted by atomic mass is 35.5. The zero-order valence-corrected chi connectivity index (χ0v) is 13.9. The number of rotatable bonds is 4. The number of hydrogen-bond donors (Lipinski definition) is 2. The molecule has 2 rings (SSSR count). The summed E-state index contributed by atoms with van der Waals surface area (Å²) in [4.78, 5) is 18.5. The number of halogens is 1. The minimum atomic E-state index is -0.155. The zero-order valence-electron chi connectivity index (χ0n) is 13.2. The minimum absolute atomic E-state index is 0.0229. The molecule has 2 N–H and O–H groups in total. The van der Waals surface area contributed by atoms with Crippen molar-refractivity contribution in [1.82, 2.24) is 10.3 Å². The number of carbonyl (C=O) groups is 1. The Hall–Kier alpha value is -1.33. The number of nitrogens with one attached hydrogen (secondary N) is 1. The van der Waals surface area contributed by atoms with Crippen molar-refractivity contribution in [1.29, 1.82) is 0 Å². The van der Waals surface area contributed by atoms with E-state index in [1.165, 1.54) is 0 Å². The Morgan fingerprint density at radius 3 is 2.77 bits per heavy atom. The van der Waals surface area contributed by atoms with Gasteiger partial charge in [0.2, 0.25) is 0 Å². The van der Waals surface area contributed by atoms with Gasteiger partial charge in [0.15, 0.2) is 0 Å². The van der Waals surface area contributed by atoms with E-state index >= 15 is 0 Å². The molecule has 1 aromatic heterocycles. The van der Waals surface area contributed by atoms with Crippen molar-refractivity contribution in [2.24, 2.45) is 5.92 Å². The molecule has 0 radical (unpaired) electrons. The van der Waals surface area contributed by atoms with Crippen LogP contribution in [0.2, 0.25) is 5.15 Å². The van der Waals surface area contributed by atoms with E-state index in [9.17, 15) is 9.90 Å². The number of aromatic nitrogens is 1. The topological polar surface area (TPSA) is 65.5 Å². The van der Waals surface area contributed by atoms with Crippen LogP contribution in [0.3, 0.4) is 0 Å². The number of aliphatic hydroxyl groups excluding tert-OH is 1. The lowest BCUT2D eigenvalue weighted by Crippen LogP contribution is -2.41. The number of nitrogens with zero attached hydrogens (tertiary/aromatic N) is 2. The molecule has 6 heteroatoms. The van der Waals surface area contributed by atoms with Gasteiger partial charge in [0.1, 0.15) is 11.0 Å². The molecule has 0 aliphatic heterocycles. The van der Waals surface area contributed by atoms with Crippen molar-refractivity contribution in [3.8, 4) is 0 Å². The number of anilines is 1. The van der Waals surface area contributed by atoms with Gasteiger partial charge >= 0.3 is 0 Å². The first-order valence-corrected chi connectivity index (χ1v) is 8.15. The van der Waals surface area contributed by atoms with E-state index in [1.54, 1.807) is 12.1 Å². The molecule has 1 saturated carbocycles. The Labute approximate surface area is 136 Å². The maximum absolute atomic E-state index is 12.5. The molecule has 2 unspecified atom stereocenters. The van der Waals surface area contributed by atoms with E-state index in [4.69, 9.17) is 11.6 Å². The van der Waals surface area contributed by atoms with Gasteiger partial charge in [0.05, 0.1) is 0 Å². The molecule has 0 bridgehead atoms. The third-order valence-corrected chi connectivity index (χ3v) is 4.40.